The fourth-order valence-corrected chi connectivity index (χ4v) is 3.86. The number of carbonyl (C=O) groups excluding carboxylic acids is 5. The maximum atomic E-state index is 13.2. The summed E-state index contributed by atoms with van der Waals surface area (Å²) in [6.45, 7) is 1.37. The van der Waals surface area contributed by atoms with E-state index < -0.39 is 23.8 Å². The minimum Gasteiger partial charge on any atom is -0.386 e. The second kappa shape index (κ2) is 6.08. The summed E-state index contributed by atoms with van der Waals surface area (Å²) in [7, 11) is 0. The van der Waals surface area contributed by atoms with E-state index in [2.05, 4.69) is 5.32 Å². The van der Waals surface area contributed by atoms with E-state index >= 15 is 0 Å². The Labute approximate surface area is 169 Å². The number of cyclic esters (lactones) is 2. The maximum absolute atomic E-state index is 13.2. The van der Waals surface area contributed by atoms with Crippen LogP contribution in [0.25, 0.3) is 10.8 Å². The molecule has 0 aromatic heterocycles. The highest BCUT2D eigenvalue weighted by Crippen LogP contribution is 2.38. The second-order valence-corrected chi connectivity index (χ2v) is 6.93. The topological polar surface area (TPSA) is 110 Å². The number of imide groups is 1. The highest BCUT2D eigenvalue weighted by atomic mass is 16.6. The third-order valence-electron chi connectivity index (χ3n) is 5.08. The van der Waals surface area contributed by atoms with Gasteiger partial charge in [0.05, 0.1) is 27.9 Å². The van der Waals surface area contributed by atoms with Crippen molar-refractivity contribution in [3.63, 3.8) is 0 Å². The number of fused-ring (bicyclic) bond motifs is 2. The standard InChI is InChI=1S/C22H12N2O6/c1-10(25)23-11-5-7-12(8-6-11)24-19(26)15-9-16-17-13(18(15)20(24)27)3-2-4-14(17)21(28)30-22(16)29/h2-9H,1H3,(H,23,25). The molecule has 5 rings (SSSR count). The molecule has 3 amide bonds. The first-order valence-electron chi connectivity index (χ1n) is 8.99. The zero-order chi connectivity index (χ0) is 21.2. The van der Waals surface area contributed by atoms with Crippen molar-refractivity contribution in [1.29, 1.82) is 0 Å². The molecule has 0 fully saturated rings. The van der Waals surface area contributed by atoms with Gasteiger partial charge < -0.3 is 10.1 Å². The van der Waals surface area contributed by atoms with Gasteiger partial charge in [-0.25, -0.2) is 14.5 Å². The number of anilines is 2. The molecule has 2 aliphatic rings. The Balaban J connectivity index is 1.67. The number of carbonyl (C=O) groups is 5. The molecule has 30 heavy (non-hydrogen) atoms. The molecule has 0 spiro atoms. The number of esters is 2. The van der Waals surface area contributed by atoms with E-state index in [1.54, 1.807) is 24.3 Å². The summed E-state index contributed by atoms with van der Waals surface area (Å²) in [6, 6.07) is 12.2. The zero-order valence-electron chi connectivity index (χ0n) is 15.5. The van der Waals surface area contributed by atoms with Crippen LogP contribution in [-0.4, -0.2) is 29.7 Å². The largest absolute Gasteiger partial charge is 0.386 e. The number of rotatable bonds is 2. The fourth-order valence-electron chi connectivity index (χ4n) is 3.86. The lowest BCUT2D eigenvalue weighted by Gasteiger charge is -2.16. The van der Waals surface area contributed by atoms with Crippen LogP contribution < -0.4 is 10.2 Å². The van der Waals surface area contributed by atoms with E-state index in [0.29, 0.717) is 22.1 Å². The van der Waals surface area contributed by atoms with Gasteiger partial charge in [0, 0.05) is 18.0 Å². The van der Waals surface area contributed by atoms with E-state index in [1.165, 1.54) is 31.2 Å². The highest BCUT2D eigenvalue weighted by Gasteiger charge is 2.41. The van der Waals surface area contributed by atoms with Crippen LogP contribution in [-0.2, 0) is 9.53 Å². The molecule has 2 aliphatic heterocycles. The van der Waals surface area contributed by atoms with Crippen LogP contribution in [0.4, 0.5) is 11.4 Å². The molecular weight excluding hydrogens is 388 g/mol. The lowest BCUT2D eigenvalue weighted by molar-refractivity contribution is -0.114. The molecule has 0 radical (unpaired) electrons. The molecule has 0 saturated heterocycles. The Hall–Kier alpha value is -4.33. The number of benzene rings is 3. The predicted molar refractivity (Wildman–Crippen MR) is 106 cm³/mol. The summed E-state index contributed by atoms with van der Waals surface area (Å²) < 4.78 is 4.76. The van der Waals surface area contributed by atoms with Gasteiger partial charge in [0.2, 0.25) is 5.91 Å². The van der Waals surface area contributed by atoms with E-state index in [9.17, 15) is 24.0 Å². The van der Waals surface area contributed by atoms with E-state index in [0.717, 1.165) is 4.90 Å². The highest BCUT2D eigenvalue weighted by molar-refractivity contribution is 6.39. The van der Waals surface area contributed by atoms with Crippen LogP contribution in [0, 0.1) is 0 Å². The van der Waals surface area contributed by atoms with Gasteiger partial charge in [-0.05, 0) is 41.8 Å². The SMILES string of the molecule is CC(=O)Nc1ccc(N2C(=O)c3cc4c5c(cccc5c3C2=O)C(=O)OC4=O)cc1. The number of nitrogens with one attached hydrogen (secondary N) is 1. The van der Waals surface area contributed by atoms with Gasteiger partial charge in [-0.3, -0.25) is 14.4 Å². The molecule has 3 aromatic rings. The van der Waals surface area contributed by atoms with Gasteiger partial charge in [0.1, 0.15) is 0 Å². The van der Waals surface area contributed by atoms with Gasteiger partial charge in [0.25, 0.3) is 11.8 Å². The number of amides is 3. The van der Waals surface area contributed by atoms with Crippen LogP contribution >= 0.6 is 0 Å². The Morgan fingerprint density at radius 3 is 2.27 bits per heavy atom. The summed E-state index contributed by atoms with van der Waals surface area (Å²) in [5, 5.41) is 3.27. The minimum absolute atomic E-state index is 0.0666. The summed E-state index contributed by atoms with van der Waals surface area (Å²) in [5.74, 6) is -3.04. The summed E-state index contributed by atoms with van der Waals surface area (Å²) in [4.78, 5) is 62.8. The lowest BCUT2D eigenvalue weighted by Crippen LogP contribution is -2.29. The minimum atomic E-state index is -0.857. The van der Waals surface area contributed by atoms with Crippen molar-refractivity contribution in [3.05, 3.63) is 70.8 Å². The van der Waals surface area contributed by atoms with Crippen molar-refractivity contribution in [3.8, 4) is 0 Å². The van der Waals surface area contributed by atoms with Gasteiger partial charge in [-0.15, -0.1) is 0 Å². The molecule has 0 bridgehead atoms. The van der Waals surface area contributed by atoms with Crippen LogP contribution in [0.3, 0.4) is 0 Å². The quantitative estimate of drug-likeness (QED) is 0.402. The van der Waals surface area contributed by atoms with Crippen LogP contribution in [0.2, 0.25) is 0 Å². The van der Waals surface area contributed by atoms with Crippen molar-refractivity contribution in [2.75, 3.05) is 10.2 Å². The predicted octanol–water partition coefficient (Wildman–Crippen LogP) is 2.91. The Kier molecular flexibility index (Phi) is 3.60. The van der Waals surface area contributed by atoms with E-state index in [4.69, 9.17) is 4.74 Å². The van der Waals surface area contributed by atoms with Crippen LogP contribution in [0.1, 0.15) is 48.4 Å². The van der Waals surface area contributed by atoms with Crippen LogP contribution in [0.15, 0.2) is 48.5 Å². The van der Waals surface area contributed by atoms with E-state index in [1.807, 2.05) is 0 Å². The first-order chi connectivity index (χ1) is 14.4. The molecule has 2 heterocycles. The summed E-state index contributed by atoms with van der Waals surface area (Å²) in [6.07, 6.45) is 0. The zero-order valence-corrected chi connectivity index (χ0v) is 15.5. The molecule has 8 nitrogen and oxygen atoms in total. The van der Waals surface area contributed by atoms with Crippen molar-refractivity contribution < 1.29 is 28.7 Å². The van der Waals surface area contributed by atoms with Gasteiger partial charge >= 0.3 is 11.9 Å². The number of hydrogen-bond acceptors (Lipinski definition) is 6. The first-order valence-corrected chi connectivity index (χ1v) is 8.99. The average Bonchev–Trinajstić information content (AvgIpc) is 2.96. The van der Waals surface area contributed by atoms with Gasteiger partial charge in [-0.2, -0.15) is 0 Å². The molecular formula is C22H12N2O6. The molecule has 8 heteroatoms. The lowest BCUT2D eigenvalue weighted by atomic mass is 9.91. The van der Waals surface area contributed by atoms with Crippen LogP contribution in [0.5, 0.6) is 0 Å². The third-order valence-corrected chi connectivity index (χ3v) is 5.08. The van der Waals surface area contributed by atoms with E-state index in [-0.39, 0.29) is 28.2 Å². The Bertz CT molecular complexity index is 1340. The maximum Gasteiger partial charge on any atom is 0.346 e. The third kappa shape index (κ3) is 2.37. The molecule has 3 aromatic carbocycles. The molecule has 0 aliphatic carbocycles. The summed E-state index contributed by atoms with van der Waals surface area (Å²) >= 11 is 0. The fraction of sp³-hybridized carbons (Fsp3) is 0.0455. The van der Waals surface area contributed by atoms with Crippen molar-refractivity contribution in [2.45, 2.75) is 6.92 Å². The molecule has 1 N–H and O–H groups in total. The summed E-state index contributed by atoms with van der Waals surface area (Å²) in [5.41, 5.74) is 1.28. The molecule has 0 unspecified atom stereocenters. The second-order valence-electron chi connectivity index (χ2n) is 6.93. The van der Waals surface area contributed by atoms with Crippen molar-refractivity contribution in [2.24, 2.45) is 0 Å². The average molecular weight is 400 g/mol. The number of nitrogens with zero attached hydrogens (tertiary/aromatic N) is 1. The number of ether oxygens (including phenoxy) is 1. The van der Waals surface area contributed by atoms with Gasteiger partial charge in [-0.1, -0.05) is 12.1 Å². The monoisotopic (exact) mass is 400 g/mol. The smallest absolute Gasteiger partial charge is 0.346 e. The van der Waals surface area contributed by atoms with Crippen molar-refractivity contribution in [1.82, 2.24) is 0 Å². The molecule has 0 atom stereocenters. The van der Waals surface area contributed by atoms with Crippen molar-refractivity contribution >= 4 is 51.8 Å². The molecule has 0 saturated carbocycles. The first kappa shape index (κ1) is 17.7. The van der Waals surface area contributed by atoms with Gasteiger partial charge in [0.15, 0.2) is 0 Å². The molecule has 146 valence electrons. The normalized spacial score (nSPS) is 14.8. The Morgan fingerprint density at radius 1 is 0.867 bits per heavy atom. The Morgan fingerprint density at radius 2 is 1.57 bits per heavy atom. The number of hydrogen-bond donors (Lipinski definition) is 1.